The van der Waals surface area contributed by atoms with Crippen LogP contribution >= 0.6 is 0 Å². The van der Waals surface area contributed by atoms with E-state index in [1.807, 2.05) is 4.74 Å². The maximum absolute atomic E-state index is 12.9. The third kappa shape index (κ3) is 5.26. The van der Waals surface area contributed by atoms with Crippen molar-refractivity contribution in [3.05, 3.63) is 11.8 Å². The normalized spacial score (nSPS) is 15.5. The number of hydrogen-bond donors (Lipinski definition) is 0. The van der Waals surface area contributed by atoms with Crippen LogP contribution in [-0.2, 0) is 14.3 Å². The Balaban J connectivity index is 5.38. The summed E-state index contributed by atoms with van der Waals surface area (Å²) >= 11 is 0. The number of carbonyl (C=O) groups is 1. The molecule has 26 heavy (non-hydrogen) atoms. The fourth-order valence-corrected chi connectivity index (χ4v) is 0.780. The van der Waals surface area contributed by atoms with Crippen LogP contribution in [0.15, 0.2) is 11.8 Å². The van der Waals surface area contributed by atoms with Crippen molar-refractivity contribution < 1.29 is 75.7 Å². The molecular weight excluding hydrogens is 422 g/mol. The monoisotopic (exact) mass is 424 g/mol. The second-order valence-corrected chi connectivity index (χ2v) is 4.06. The summed E-state index contributed by atoms with van der Waals surface area (Å²) < 4.78 is 175. The van der Waals surface area contributed by atoms with E-state index in [1.165, 1.54) is 0 Å². The Hall–Kier alpha value is -1.97. The lowest BCUT2D eigenvalue weighted by atomic mass is 10.3. The van der Waals surface area contributed by atoms with Crippen molar-refractivity contribution >= 4 is 5.97 Å². The molecule has 0 aromatic carbocycles. The number of carbonyl (C=O) groups excluding carboxylic acids is 1. The number of hydrogen-bond acceptors (Lipinski definition) is 3. The van der Waals surface area contributed by atoms with Crippen molar-refractivity contribution in [1.29, 1.82) is 0 Å². The van der Waals surface area contributed by atoms with Gasteiger partial charge in [0.2, 0.25) is 0 Å². The summed E-state index contributed by atoms with van der Waals surface area (Å²) in [5.74, 6) is -20.5. The molecule has 0 spiro atoms. The van der Waals surface area contributed by atoms with Gasteiger partial charge in [0.25, 0.3) is 5.83 Å². The fraction of sp³-hybridized carbons (Fsp3) is 0.667. The van der Waals surface area contributed by atoms with E-state index < -0.39 is 54.7 Å². The van der Waals surface area contributed by atoms with E-state index in [4.69, 9.17) is 0 Å². The maximum atomic E-state index is 12.9. The number of allylic oxidation sites excluding steroid dienone is 1. The summed E-state index contributed by atoms with van der Waals surface area (Å²) in [5.41, 5.74) is 0. The summed E-state index contributed by atoms with van der Waals surface area (Å²) in [7, 11) is 0. The molecule has 0 saturated carbocycles. The van der Waals surface area contributed by atoms with Crippen LogP contribution < -0.4 is 0 Å². The van der Waals surface area contributed by atoms with E-state index in [9.17, 15) is 66.3 Å². The van der Waals surface area contributed by atoms with Gasteiger partial charge >= 0.3 is 42.3 Å². The summed E-state index contributed by atoms with van der Waals surface area (Å²) in [5, 5.41) is 0. The molecule has 0 radical (unpaired) electrons. The van der Waals surface area contributed by atoms with Crippen molar-refractivity contribution in [2.75, 3.05) is 6.61 Å². The molecule has 0 amide bonds. The van der Waals surface area contributed by atoms with E-state index >= 15 is 0 Å². The molecule has 17 heteroatoms. The Labute approximate surface area is 132 Å². The van der Waals surface area contributed by atoms with E-state index in [-0.39, 0.29) is 0 Å². The van der Waals surface area contributed by atoms with Crippen molar-refractivity contribution in [2.24, 2.45) is 0 Å². The number of ether oxygens (including phenoxy) is 2. The van der Waals surface area contributed by atoms with Gasteiger partial charge in [0.05, 0.1) is 0 Å². The first-order valence-corrected chi connectivity index (χ1v) is 5.35. The predicted octanol–water partition coefficient (Wildman–Crippen LogP) is 4.64. The summed E-state index contributed by atoms with van der Waals surface area (Å²) in [6.45, 7) is -3.23. The molecule has 0 rings (SSSR count). The Morgan fingerprint density at radius 2 is 1.19 bits per heavy atom. The second-order valence-electron chi connectivity index (χ2n) is 4.06. The second kappa shape index (κ2) is 6.98. The molecule has 154 valence electrons. The molecule has 0 aromatic heterocycles. The van der Waals surface area contributed by atoms with Crippen LogP contribution in [0, 0.1) is 0 Å². The van der Waals surface area contributed by atoms with Gasteiger partial charge in [-0.05, 0) is 0 Å². The van der Waals surface area contributed by atoms with Crippen LogP contribution in [0.1, 0.15) is 0 Å². The molecule has 0 aliphatic heterocycles. The van der Waals surface area contributed by atoms with E-state index in [0.29, 0.717) is 0 Å². The topological polar surface area (TPSA) is 35.5 Å². The third-order valence-electron chi connectivity index (χ3n) is 2.06. The lowest BCUT2D eigenvalue weighted by Gasteiger charge is -2.25. The Bertz CT molecular complexity index is 557. The minimum absolute atomic E-state index is 2.04. The average Bonchev–Trinajstić information content (AvgIpc) is 2.40. The van der Waals surface area contributed by atoms with Crippen LogP contribution in [0.25, 0.3) is 0 Å². The van der Waals surface area contributed by atoms with Gasteiger partial charge < -0.3 is 9.47 Å². The molecule has 0 heterocycles. The van der Waals surface area contributed by atoms with Crippen LogP contribution in [-0.4, -0.2) is 42.9 Å². The highest BCUT2D eigenvalue weighted by Gasteiger charge is 2.68. The zero-order valence-corrected chi connectivity index (χ0v) is 11.2. The third-order valence-corrected chi connectivity index (χ3v) is 2.06. The molecule has 3 nitrogen and oxygen atoms in total. The molecule has 0 fully saturated rings. The highest BCUT2D eigenvalue weighted by molar-refractivity contribution is 5.78. The minimum Gasteiger partial charge on any atom is -0.454 e. The molecule has 0 aromatic rings. The summed E-state index contributed by atoms with van der Waals surface area (Å²) in [6, 6.07) is -3.98. The van der Waals surface area contributed by atoms with Gasteiger partial charge in [0.1, 0.15) is 0 Å². The lowest BCUT2D eigenvalue weighted by Crippen LogP contribution is -2.51. The molecule has 0 bridgehead atoms. The molecule has 0 aliphatic rings. The molecule has 0 N–H and O–H groups in total. The van der Waals surface area contributed by atoms with Crippen LogP contribution in [0.3, 0.4) is 0 Å². The summed E-state index contributed by atoms with van der Waals surface area (Å²) in [4.78, 5) is 10.5. The lowest BCUT2D eigenvalue weighted by molar-refractivity contribution is -0.337. The minimum atomic E-state index is -6.66. The van der Waals surface area contributed by atoms with Gasteiger partial charge in [-0.2, -0.15) is 61.5 Å². The zero-order valence-electron chi connectivity index (χ0n) is 11.2. The van der Waals surface area contributed by atoms with Gasteiger partial charge in [0, 0.05) is 0 Å². The number of rotatable bonds is 6. The number of alkyl halides is 12. The molecular formula is C9H2F14O3. The predicted molar refractivity (Wildman–Crippen MR) is 48.2 cm³/mol. The van der Waals surface area contributed by atoms with Gasteiger partial charge in [-0.3, -0.25) is 0 Å². The van der Waals surface area contributed by atoms with Gasteiger partial charge in [0.15, 0.2) is 6.61 Å². The van der Waals surface area contributed by atoms with Crippen molar-refractivity contribution in [3.63, 3.8) is 0 Å². The van der Waals surface area contributed by atoms with Crippen molar-refractivity contribution in [1.82, 2.24) is 0 Å². The average molecular weight is 424 g/mol. The van der Waals surface area contributed by atoms with E-state index in [2.05, 4.69) is 4.74 Å². The molecule has 0 atom stereocenters. The quantitative estimate of drug-likeness (QED) is 0.354. The Kier molecular flexibility index (Phi) is 6.45. The first kappa shape index (κ1) is 24.0. The molecule has 0 unspecified atom stereocenters. The largest absolute Gasteiger partial charge is 0.478 e. The Morgan fingerprint density at radius 3 is 1.54 bits per heavy atom. The van der Waals surface area contributed by atoms with Crippen molar-refractivity contribution in [2.45, 2.75) is 30.3 Å². The van der Waals surface area contributed by atoms with Crippen molar-refractivity contribution in [3.8, 4) is 0 Å². The highest BCUT2D eigenvalue weighted by Crippen LogP contribution is 2.41. The standard InChI is InChI=1S/C9H2F14O3/c10-2(7(16,17)18)3(11)26-9(22,23)6(14,15)4(24)25-1-5(12,13)8(19,20)21/h1H2. The maximum Gasteiger partial charge on any atom is 0.478 e. The SMILES string of the molecule is O=C(OCC(F)(F)C(F)(F)F)C(F)(F)C(F)(F)OC(F)=C(F)C(F)(F)F. The highest BCUT2D eigenvalue weighted by atomic mass is 19.4. The zero-order chi connectivity index (χ0) is 21.4. The summed E-state index contributed by atoms with van der Waals surface area (Å²) in [6.07, 6.45) is -19.4. The van der Waals surface area contributed by atoms with Gasteiger partial charge in [-0.15, -0.1) is 0 Å². The fourth-order valence-electron chi connectivity index (χ4n) is 0.780. The van der Waals surface area contributed by atoms with Gasteiger partial charge in [-0.1, -0.05) is 0 Å². The van der Waals surface area contributed by atoms with E-state index in [1.54, 1.807) is 0 Å². The smallest absolute Gasteiger partial charge is 0.454 e. The first-order valence-electron chi connectivity index (χ1n) is 5.35. The first-order chi connectivity index (χ1) is 11.2. The Morgan fingerprint density at radius 1 is 0.769 bits per heavy atom. The van der Waals surface area contributed by atoms with Crippen LogP contribution in [0.2, 0.25) is 0 Å². The van der Waals surface area contributed by atoms with Crippen LogP contribution in [0.5, 0.6) is 0 Å². The molecule has 0 saturated heterocycles. The molecule has 0 aliphatic carbocycles. The number of halogens is 14. The van der Waals surface area contributed by atoms with Crippen LogP contribution in [0.4, 0.5) is 61.5 Å². The van der Waals surface area contributed by atoms with E-state index in [0.717, 1.165) is 0 Å². The number of esters is 1. The van der Waals surface area contributed by atoms with Gasteiger partial charge in [-0.25, -0.2) is 4.79 Å².